The Labute approximate surface area is 202 Å². The van der Waals surface area contributed by atoms with Gasteiger partial charge < -0.3 is 19.1 Å². The summed E-state index contributed by atoms with van der Waals surface area (Å²) in [6.07, 6.45) is 3.86. The number of benzene rings is 2. The lowest BCUT2D eigenvalue weighted by atomic mass is 10.0. The molecule has 0 bridgehead atoms. The third-order valence-corrected chi connectivity index (χ3v) is 7.17. The normalized spacial score (nSPS) is 13.5. The molecule has 9 heteroatoms. The molecular weight excluding hydrogens is 448 g/mol. The smallest absolute Gasteiger partial charge is 0.253 e. The summed E-state index contributed by atoms with van der Waals surface area (Å²) < 4.78 is 9.12. The Bertz CT molecular complexity index is 1470. The summed E-state index contributed by atoms with van der Waals surface area (Å²) in [5.41, 5.74) is 6.81. The Morgan fingerprint density at radius 3 is 2.50 bits per heavy atom. The predicted octanol–water partition coefficient (Wildman–Crippen LogP) is 3.81. The van der Waals surface area contributed by atoms with Crippen molar-refractivity contribution in [3.8, 4) is 16.9 Å². The molecular formula is C25H28N6O2S. The average Bonchev–Trinajstić information content (AvgIpc) is 3.28. The molecule has 0 spiro atoms. The van der Waals surface area contributed by atoms with Gasteiger partial charge in [0.25, 0.3) is 5.56 Å². The first-order valence-corrected chi connectivity index (χ1v) is 11.9. The van der Waals surface area contributed by atoms with E-state index in [1.165, 1.54) is 11.9 Å². The number of fused-ring (bicyclic) bond motifs is 2. The molecule has 176 valence electrons. The number of ether oxygens (including phenoxy) is 1. The van der Waals surface area contributed by atoms with Crippen molar-refractivity contribution in [3.05, 3.63) is 58.6 Å². The van der Waals surface area contributed by atoms with Gasteiger partial charge in [0.2, 0.25) is 0 Å². The lowest BCUT2D eigenvalue weighted by molar-refractivity contribution is 0.415. The highest BCUT2D eigenvalue weighted by molar-refractivity contribution is 7.97. The zero-order chi connectivity index (χ0) is 24.1. The molecule has 4 aromatic rings. The lowest BCUT2D eigenvalue weighted by Gasteiger charge is -2.38. The Hall–Kier alpha value is -3.43. The van der Waals surface area contributed by atoms with Crippen LogP contribution in [0.25, 0.3) is 22.0 Å². The number of nitrogens with zero attached hydrogens (tertiary/aromatic N) is 5. The Morgan fingerprint density at radius 1 is 1.03 bits per heavy atom. The summed E-state index contributed by atoms with van der Waals surface area (Å²) in [6, 6.07) is 10.3. The van der Waals surface area contributed by atoms with Crippen LogP contribution in [0.1, 0.15) is 5.56 Å². The Morgan fingerprint density at radius 2 is 1.82 bits per heavy atom. The molecule has 0 amide bonds. The minimum atomic E-state index is -0.00610. The fourth-order valence-electron chi connectivity index (χ4n) is 4.72. The number of rotatable bonds is 4. The number of hydrogen-bond donors (Lipinski definition) is 1. The second-order valence-electron chi connectivity index (χ2n) is 8.70. The van der Waals surface area contributed by atoms with Crippen LogP contribution < -0.4 is 25.2 Å². The molecule has 2 aromatic heterocycles. The molecule has 1 aliphatic rings. The number of anilines is 3. The van der Waals surface area contributed by atoms with E-state index < -0.39 is 0 Å². The molecule has 0 unspecified atom stereocenters. The first-order chi connectivity index (χ1) is 16.3. The van der Waals surface area contributed by atoms with E-state index in [1.807, 2.05) is 51.6 Å². The zero-order valence-corrected chi connectivity index (χ0v) is 20.8. The van der Waals surface area contributed by atoms with Crippen molar-refractivity contribution < 1.29 is 4.74 Å². The van der Waals surface area contributed by atoms with Crippen molar-refractivity contribution in [2.24, 2.45) is 19.2 Å². The SMILES string of the molecule is COc1cc(N2CCN(C)c3cc(-c4cnn(C)c4)c(SN)cc32)c2cc(C)c(=O)n(C)c2c1. The topological polar surface area (TPSA) is 81.6 Å². The summed E-state index contributed by atoms with van der Waals surface area (Å²) in [7, 11) is 7.48. The van der Waals surface area contributed by atoms with Crippen LogP contribution in [-0.4, -0.2) is 41.6 Å². The van der Waals surface area contributed by atoms with Gasteiger partial charge >= 0.3 is 0 Å². The third kappa shape index (κ3) is 3.52. The second-order valence-corrected chi connectivity index (χ2v) is 9.38. The minimum absolute atomic E-state index is 0.00610. The van der Waals surface area contributed by atoms with Crippen molar-refractivity contribution >= 4 is 39.9 Å². The molecule has 0 radical (unpaired) electrons. The van der Waals surface area contributed by atoms with Crippen LogP contribution in [0, 0.1) is 6.92 Å². The molecule has 0 atom stereocenters. The molecule has 2 aromatic carbocycles. The predicted molar refractivity (Wildman–Crippen MR) is 139 cm³/mol. The highest BCUT2D eigenvalue weighted by Gasteiger charge is 2.26. The lowest BCUT2D eigenvalue weighted by Crippen LogP contribution is -2.36. The number of methoxy groups -OCH3 is 1. The van der Waals surface area contributed by atoms with Gasteiger partial charge in [-0.1, -0.05) is 0 Å². The van der Waals surface area contributed by atoms with Gasteiger partial charge in [0.15, 0.2) is 0 Å². The summed E-state index contributed by atoms with van der Waals surface area (Å²) in [5.74, 6) is 0.710. The van der Waals surface area contributed by atoms with E-state index in [0.29, 0.717) is 11.3 Å². The molecule has 3 heterocycles. The fraction of sp³-hybridized carbons (Fsp3) is 0.280. The highest BCUT2D eigenvalue weighted by Crippen LogP contribution is 2.45. The van der Waals surface area contributed by atoms with Gasteiger partial charge in [-0.15, -0.1) is 0 Å². The van der Waals surface area contributed by atoms with Gasteiger partial charge in [0.05, 0.1) is 35.9 Å². The maximum Gasteiger partial charge on any atom is 0.253 e. The molecule has 0 aliphatic carbocycles. The first-order valence-electron chi connectivity index (χ1n) is 11.0. The van der Waals surface area contributed by atoms with E-state index >= 15 is 0 Å². The van der Waals surface area contributed by atoms with E-state index in [2.05, 4.69) is 34.1 Å². The third-order valence-electron chi connectivity index (χ3n) is 6.58. The van der Waals surface area contributed by atoms with E-state index in [1.54, 1.807) is 16.4 Å². The largest absolute Gasteiger partial charge is 0.497 e. The van der Waals surface area contributed by atoms with Gasteiger partial charge in [0, 0.05) is 79.5 Å². The van der Waals surface area contributed by atoms with Gasteiger partial charge in [-0.3, -0.25) is 14.6 Å². The maximum atomic E-state index is 12.6. The Balaban J connectivity index is 1.77. The van der Waals surface area contributed by atoms with E-state index in [4.69, 9.17) is 9.88 Å². The zero-order valence-electron chi connectivity index (χ0n) is 20.0. The van der Waals surface area contributed by atoms with Crippen molar-refractivity contribution in [3.63, 3.8) is 0 Å². The van der Waals surface area contributed by atoms with E-state index in [-0.39, 0.29) is 5.56 Å². The highest BCUT2D eigenvalue weighted by atomic mass is 32.2. The van der Waals surface area contributed by atoms with Crippen molar-refractivity contribution in [1.82, 2.24) is 14.3 Å². The van der Waals surface area contributed by atoms with Gasteiger partial charge in [-0.2, -0.15) is 5.10 Å². The monoisotopic (exact) mass is 476 g/mol. The summed E-state index contributed by atoms with van der Waals surface area (Å²) in [4.78, 5) is 18.2. The van der Waals surface area contributed by atoms with Crippen LogP contribution in [0.3, 0.4) is 0 Å². The molecule has 1 aliphatic heterocycles. The standard InChI is InChI=1S/C25H28N6O2S/c1-15-8-19-20(30(4)25(15)32)9-17(33-5)10-21(19)31-7-6-28(2)22-11-18(16-13-27-29(3)14-16)24(34-26)12-23(22)31/h8-14H,6-7,26H2,1-5H3. The number of aromatic nitrogens is 3. The van der Waals surface area contributed by atoms with Gasteiger partial charge in [0.1, 0.15) is 5.75 Å². The maximum absolute atomic E-state index is 12.6. The summed E-state index contributed by atoms with van der Waals surface area (Å²) in [6.45, 7) is 3.49. The quantitative estimate of drug-likeness (QED) is 0.449. The molecule has 5 rings (SSSR count). The minimum Gasteiger partial charge on any atom is -0.497 e. The van der Waals surface area contributed by atoms with Crippen LogP contribution >= 0.6 is 11.9 Å². The van der Waals surface area contributed by atoms with Crippen LogP contribution in [0.15, 0.2) is 52.4 Å². The number of pyridine rings is 1. The van der Waals surface area contributed by atoms with Crippen molar-refractivity contribution in [2.45, 2.75) is 11.8 Å². The molecule has 0 fully saturated rings. The second kappa shape index (κ2) is 8.41. The fourth-order valence-corrected chi connectivity index (χ4v) is 5.20. The number of hydrogen-bond acceptors (Lipinski definition) is 7. The Kier molecular flexibility index (Phi) is 5.53. The molecule has 34 heavy (non-hydrogen) atoms. The first kappa shape index (κ1) is 22.4. The van der Waals surface area contributed by atoms with E-state index in [0.717, 1.165) is 57.1 Å². The van der Waals surface area contributed by atoms with Crippen LogP contribution in [0.5, 0.6) is 5.75 Å². The average molecular weight is 477 g/mol. The summed E-state index contributed by atoms with van der Waals surface area (Å²) >= 11 is 1.24. The van der Waals surface area contributed by atoms with Crippen LogP contribution in [0.2, 0.25) is 0 Å². The van der Waals surface area contributed by atoms with Crippen LogP contribution in [-0.2, 0) is 14.1 Å². The van der Waals surface area contributed by atoms with Crippen molar-refractivity contribution in [1.29, 1.82) is 0 Å². The number of likely N-dealkylation sites (N-methyl/N-ethyl adjacent to an activating group) is 1. The summed E-state index contributed by atoms with van der Waals surface area (Å²) in [5, 5.41) is 11.5. The van der Waals surface area contributed by atoms with Gasteiger partial charge in [-0.05, 0) is 37.1 Å². The van der Waals surface area contributed by atoms with Crippen LogP contribution in [0.4, 0.5) is 17.1 Å². The molecule has 8 nitrogen and oxygen atoms in total. The van der Waals surface area contributed by atoms with E-state index in [9.17, 15) is 4.79 Å². The number of aryl methyl sites for hydroxylation is 3. The number of nitrogens with two attached hydrogens (primary N) is 1. The molecule has 0 saturated heterocycles. The molecule has 0 saturated carbocycles. The molecule has 2 N–H and O–H groups in total. The van der Waals surface area contributed by atoms with Gasteiger partial charge in [-0.25, -0.2) is 0 Å². The van der Waals surface area contributed by atoms with Crippen molar-refractivity contribution in [2.75, 3.05) is 37.0 Å².